The summed E-state index contributed by atoms with van der Waals surface area (Å²) in [6.45, 7) is 6.10. The van der Waals surface area contributed by atoms with Gasteiger partial charge < -0.3 is 5.11 Å². The average Bonchev–Trinajstić information content (AvgIpc) is 2.74. The zero-order chi connectivity index (χ0) is 21.3. The van der Waals surface area contributed by atoms with Gasteiger partial charge in [-0.15, -0.1) is 0 Å². The lowest BCUT2D eigenvalue weighted by Crippen LogP contribution is -2.42. The van der Waals surface area contributed by atoms with Crippen LogP contribution in [0.1, 0.15) is 61.8 Å². The molecule has 2 aromatic rings. The van der Waals surface area contributed by atoms with E-state index in [9.17, 15) is 9.90 Å². The maximum atomic E-state index is 13.0. The van der Waals surface area contributed by atoms with Gasteiger partial charge in [-0.2, -0.15) is 0 Å². The highest BCUT2D eigenvalue weighted by Crippen LogP contribution is 2.50. The maximum absolute atomic E-state index is 13.0. The molecule has 1 fully saturated rings. The molecular weight excluding hydrogens is 368 g/mol. The van der Waals surface area contributed by atoms with Crippen molar-refractivity contribution < 1.29 is 9.90 Å². The molecule has 0 aliphatic heterocycles. The Morgan fingerprint density at radius 2 is 1.60 bits per heavy atom. The third kappa shape index (κ3) is 3.91. The zero-order valence-corrected chi connectivity index (χ0v) is 18.0. The van der Waals surface area contributed by atoms with Crippen LogP contribution in [0.4, 0.5) is 0 Å². The summed E-state index contributed by atoms with van der Waals surface area (Å²) in [5.74, 6) is 6.51. The van der Waals surface area contributed by atoms with Gasteiger partial charge in [0, 0.05) is 22.1 Å². The highest BCUT2D eigenvalue weighted by molar-refractivity contribution is 6.12. The number of hydrogen-bond donors (Lipinski definition) is 1. The first-order chi connectivity index (χ1) is 14.4. The molecule has 1 saturated carbocycles. The molecule has 0 amide bonds. The number of aliphatic hydroxyl groups is 1. The van der Waals surface area contributed by atoms with E-state index in [2.05, 4.69) is 37.8 Å². The van der Waals surface area contributed by atoms with Gasteiger partial charge in [-0.1, -0.05) is 54.2 Å². The second kappa shape index (κ2) is 8.09. The molecular formula is C28H28O2. The van der Waals surface area contributed by atoms with Crippen LogP contribution in [0, 0.1) is 24.2 Å². The normalized spacial score (nSPS) is 25.0. The van der Waals surface area contributed by atoms with Crippen molar-refractivity contribution >= 4 is 11.9 Å². The molecule has 2 nitrogen and oxygen atoms in total. The van der Waals surface area contributed by atoms with Crippen molar-refractivity contribution in [1.29, 1.82) is 0 Å². The number of Topliss-reactive ketones (excluding diaryl/α,β-unsaturated/α-hetero) is 1. The lowest BCUT2D eigenvalue weighted by Gasteiger charge is -2.45. The smallest absolute Gasteiger partial charge is 0.184 e. The number of fused-ring (bicyclic) bond motifs is 1. The second-order valence-electron chi connectivity index (χ2n) is 8.84. The lowest BCUT2D eigenvalue weighted by atomic mass is 9.61. The fraction of sp³-hybridized carbons (Fsp3) is 0.321. The molecule has 1 N–H and O–H groups in total. The molecule has 30 heavy (non-hydrogen) atoms. The number of carbonyl (C=O) groups excluding carboxylic acids is 1. The molecule has 0 bridgehead atoms. The van der Waals surface area contributed by atoms with Crippen LogP contribution in [-0.2, 0) is 4.79 Å². The van der Waals surface area contributed by atoms with Crippen molar-refractivity contribution in [3.05, 3.63) is 87.5 Å². The average molecular weight is 397 g/mol. The van der Waals surface area contributed by atoms with Gasteiger partial charge in [0.1, 0.15) is 0 Å². The van der Waals surface area contributed by atoms with Gasteiger partial charge in [0.05, 0.1) is 6.10 Å². The maximum Gasteiger partial charge on any atom is 0.184 e. The number of allylic oxidation sites excluding steroid dienone is 2. The van der Waals surface area contributed by atoms with Crippen molar-refractivity contribution in [3.8, 4) is 11.8 Å². The Morgan fingerprint density at radius 3 is 2.23 bits per heavy atom. The summed E-state index contributed by atoms with van der Waals surface area (Å²) in [6.07, 6.45) is 4.89. The predicted octanol–water partition coefficient (Wildman–Crippen LogP) is 5.62. The number of aryl methyl sites for hydroxylation is 1. The van der Waals surface area contributed by atoms with Crippen molar-refractivity contribution in [1.82, 2.24) is 0 Å². The Bertz CT molecular complexity index is 1090. The predicted molar refractivity (Wildman–Crippen MR) is 122 cm³/mol. The highest BCUT2D eigenvalue weighted by Gasteiger charge is 2.45. The van der Waals surface area contributed by atoms with Crippen LogP contribution < -0.4 is 0 Å². The molecule has 0 saturated heterocycles. The Kier molecular flexibility index (Phi) is 5.50. The standard InChI is InChI=1S/C28H28O2/c1-19-7-9-21(10-8-19)11-12-22-13-15-23(16-14-22)17-24-18-28(3)25(20(2)27(24)30)5-4-6-26(28)29/h7-10,13-17,26,29H,4-6,18H2,1-3H3/t26-,28-/m0/s1. The molecule has 2 heteroatoms. The molecule has 0 spiro atoms. The minimum Gasteiger partial charge on any atom is -0.392 e. The van der Waals surface area contributed by atoms with Gasteiger partial charge in [0.25, 0.3) is 0 Å². The third-order valence-electron chi connectivity index (χ3n) is 6.63. The Hall–Kier alpha value is -2.89. The van der Waals surface area contributed by atoms with Crippen LogP contribution in [0.3, 0.4) is 0 Å². The lowest BCUT2D eigenvalue weighted by molar-refractivity contribution is -0.113. The van der Waals surface area contributed by atoms with E-state index in [1.54, 1.807) is 0 Å². The minimum absolute atomic E-state index is 0.125. The monoisotopic (exact) mass is 396 g/mol. The van der Waals surface area contributed by atoms with Crippen LogP contribution in [0.25, 0.3) is 6.08 Å². The highest BCUT2D eigenvalue weighted by atomic mass is 16.3. The van der Waals surface area contributed by atoms with E-state index in [4.69, 9.17) is 0 Å². The van der Waals surface area contributed by atoms with Gasteiger partial charge in [0.15, 0.2) is 5.78 Å². The molecule has 2 aromatic carbocycles. The van der Waals surface area contributed by atoms with Crippen molar-refractivity contribution in [3.63, 3.8) is 0 Å². The second-order valence-corrected chi connectivity index (χ2v) is 8.84. The summed E-state index contributed by atoms with van der Waals surface area (Å²) in [4.78, 5) is 13.0. The molecule has 2 aliphatic carbocycles. The van der Waals surface area contributed by atoms with Gasteiger partial charge in [-0.25, -0.2) is 0 Å². The number of carbonyl (C=O) groups is 1. The van der Waals surface area contributed by atoms with Gasteiger partial charge in [-0.05, 0) is 81.0 Å². The zero-order valence-electron chi connectivity index (χ0n) is 18.0. The van der Waals surface area contributed by atoms with Gasteiger partial charge in [-0.3, -0.25) is 4.79 Å². The van der Waals surface area contributed by atoms with E-state index in [1.807, 2.05) is 49.4 Å². The topological polar surface area (TPSA) is 37.3 Å². The van der Waals surface area contributed by atoms with E-state index < -0.39 is 0 Å². The number of hydrogen-bond acceptors (Lipinski definition) is 2. The van der Waals surface area contributed by atoms with Crippen molar-refractivity contribution in [2.75, 3.05) is 0 Å². The van der Waals surface area contributed by atoms with Crippen LogP contribution in [0.15, 0.2) is 65.3 Å². The molecule has 0 aromatic heterocycles. The van der Waals surface area contributed by atoms with Crippen LogP contribution >= 0.6 is 0 Å². The first-order valence-electron chi connectivity index (χ1n) is 10.7. The number of rotatable bonds is 1. The number of benzene rings is 2. The fourth-order valence-electron chi connectivity index (χ4n) is 4.73. The molecule has 2 aliphatic rings. The molecule has 0 radical (unpaired) electrons. The molecule has 0 unspecified atom stereocenters. The summed E-state index contributed by atoms with van der Waals surface area (Å²) in [6, 6.07) is 16.2. The first kappa shape index (κ1) is 20.4. The Morgan fingerprint density at radius 1 is 1.00 bits per heavy atom. The SMILES string of the molecule is CC1=C2CCC[C@H](O)[C@@]2(C)CC(=Cc2ccc(C#Cc3ccc(C)cc3)cc2)C1=O. The molecule has 0 heterocycles. The quantitative estimate of drug-likeness (QED) is 0.502. The van der Waals surface area contributed by atoms with Crippen molar-refractivity contribution in [2.45, 2.75) is 52.6 Å². The van der Waals surface area contributed by atoms with Gasteiger partial charge in [0.2, 0.25) is 0 Å². The third-order valence-corrected chi connectivity index (χ3v) is 6.63. The summed E-state index contributed by atoms with van der Waals surface area (Å²) in [7, 11) is 0. The summed E-state index contributed by atoms with van der Waals surface area (Å²) in [5.41, 5.74) is 6.61. The summed E-state index contributed by atoms with van der Waals surface area (Å²) < 4.78 is 0. The van der Waals surface area contributed by atoms with E-state index in [-0.39, 0.29) is 17.3 Å². The molecule has 152 valence electrons. The van der Waals surface area contributed by atoms with Crippen molar-refractivity contribution in [2.24, 2.45) is 5.41 Å². The van der Waals surface area contributed by atoms with E-state index in [0.29, 0.717) is 6.42 Å². The van der Waals surface area contributed by atoms with Crippen LogP contribution in [0.2, 0.25) is 0 Å². The Balaban J connectivity index is 1.57. The van der Waals surface area contributed by atoms with Crippen LogP contribution in [0.5, 0.6) is 0 Å². The molecule has 4 rings (SSSR count). The summed E-state index contributed by atoms with van der Waals surface area (Å²) >= 11 is 0. The van der Waals surface area contributed by atoms with E-state index in [1.165, 1.54) is 5.56 Å². The van der Waals surface area contributed by atoms with Crippen LogP contribution in [-0.4, -0.2) is 17.0 Å². The Labute approximate surface area is 179 Å². The minimum atomic E-state index is -0.382. The number of aliphatic hydroxyl groups excluding tert-OH is 1. The van der Waals surface area contributed by atoms with E-state index in [0.717, 1.165) is 52.7 Å². The first-order valence-corrected chi connectivity index (χ1v) is 10.7. The molecule has 2 atom stereocenters. The van der Waals surface area contributed by atoms with E-state index >= 15 is 0 Å². The fourth-order valence-corrected chi connectivity index (χ4v) is 4.73. The largest absolute Gasteiger partial charge is 0.392 e. The summed E-state index contributed by atoms with van der Waals surface area (Å²) in [5, 5.41) is 10.7. The number of ketones is 1. The van der Waals surface area contributed by atoms with Gasteiger partial charge >= 0.3 is 0 Å².